The van der Waals surface area contributed by atoms with Gasteiger partial charge in [0.1, 0.15) is 18.2 Å². The Morgan fingerprint density at radius 1 is 1.00 bits per heavy atom. The van der Waals surface area contributed by atoms with Crippen molar-refractivity contribution in [2.24, 2.45) is 0 Å². The summed E-state index contributed by atoms with van der Waals surface area (Å²) in [5, 5.41) is 0. The van der Waals surface area contributed by atoms with Crippen LogP contribution in [0.4, 0.5) is 4.39 Å². The predicted octanol–water partition coefficient (Wildman–Crippen LogP) is 4.01. The summed E-state index contributed by atoms with van der Waals surface area (Å²) >= 11 is 0. The Labute approximate surface area is 149 Å². The number of rotatable bonds is 4. The Hall–Kier alpha value is -1.85. The molecule has 0 aliphatic carbocycles. The first kappa shape index (κ1) is 18.0. The van der Waals surface area contributed by atoms with Crippen LogP contribution in [-0.4, -0.2) is 18.3 Å². The predicted molar refractivity (Wildman–Crippen MR) is 97.6 cm³/mol. The van der Waals surface area contributed by atoms with E-state index < -0.39 is 18.3 Å². The van der Waals surface area contributed by atoms with E-state index in [1.165, 1.54) is 12.1 Å². The van der Waals surface area contributed by atoms with E-state index in [-0.39, 0.29) is 12.4 Å². The van der Waals surface area contributed by atoms with Crippen LogP contribution in [0.15, 0.2) is 42.5 Å². The van der Waals surface area contributed by atoms with Crippen molar-refractivity contribution < 1.29 is 18.4 Å². The third-order valence-electron chi connectivity index (χ3n) is 4.96. The number of ether oxygens (including phenoxy) is 1. The molecule has 0 N–H and O–H groups in total. The molecular formula is C20H24BFO3. The third kappa shape index (κ3) is 3.72. The van der Waals surface area contributed by atoms with Gasteiger partial charge in [-0.05, 0) is 58.4 Å². The highest BCUT2D eigenvalue weighted by molar-refractivity contribution is 6.63. The van der Waals surface area contributed by atoms with E-state index in [4.69, 9.17) is 14.0 Å². The van der Waals surface area contributed by atoms with Gasteiger partial charge >= 0.3 is 7.12 Å². The summed E-state index contributed by atoms with van der Waals surface area (Å²) in [6, 6.07) is 12.3. The molecule has 1 saturated heterocycles. The van der Waals surface area contributed by atoms with Gasteiger partial charge in [0.05, 0.1) is 11.2 Å². The number of benzene rings is 2. The minimum absolute atomic E-state index is 0.267. The molecule has 0 saturated carbocycles. The molecule has 5 heteroatoms. The van der Waals surface area contributed by atoms with Gasteiger partial charge in [0, 0.05) is 5.46 Å². The lowest BCUT2D eigenvalue weighted by molar-refractivity contribution is 0.00578. The fourth-order valence-electron chi connectivity index (χ4n) is 2.74. The van der Waals surface area contributed by atoms with Crippen molar-refractivity contribution in [2.45, 2.75) is 52.4 Å². The Morgan fingerprint density at radius 2 is 1.68 bits per heavy atom. The molecule has 1 heterocycles. The first-order chi connectivity index (χ1) is 11.7. The van der Waals surface area contributed by atoms with Gasteiger partial charge in [-0.15, -0.1) is 0 Å². The second-order valence-electron chi connectivity index (χ2n) is 7.55. The van der Waals surface area contributed by atoms with Crippen molar-refractivity contribution in [1.82, 2.24) is 0 Å². The fourth-order valence-corrected chi connectivity index (χ4v) is 2.74. The lowest BCUT2D eigenvalue weighted by atomic mass is 9.77. The molecule has 1 fully saturated rings. The second-order valence-corrected chi connectivity index (χ2v) is 7.55. The van der Waals surface area contributed by atoms with Crippen LogP contribution in [0, 0.1) is 12.7 Å². The average Bonchev–Trinajstić information content (AvgIpc) is 2.74. The summed E-state index contributed by atoms with van der Waals surface area (Å²) < 4.78 is 31.6. The lowest BCUT2D eigenvalue weighted by Gasteiger charge is -2.32. The highest BCUT2D eigenvalue weighted by atomic mass is 19.1. The number of aryl methyl sites for hydroxylation is 1. The highest BCUT2D eigenvalue weighted by Crippen LogP contribution is 2.37. The number of hydrogen-bond acceptors (Lipinski definition) is 3. The first-order valence-corrected chi connectivity index (χ1v) is 8.51. The molecule has 3 rings (SSSR count). The lowest BCUT2D eigenvalue weighted by Crippen LogP contribution is -2.41. The molecule has 0 radical (unpaired) electrons. The standard InChI is InChI=1S/C20H24BFO3/c1-14-9-10-18(23-13-15-7-6-8-16(22)12-15)17(11-14)21-24-19(2,3)20(4,5)25-21/h6-12H,13H2,1-5H3. The van der Waals surface area contributed by atoms with Crippen molar-refractivity contribution in [1.29, 1.82) is 0 Å². The van der Waals surface area contributed by atoms with Crippen LogP contribution in [-0.2, 0) is 15.9 Å². The summed E-state index contributed by atoms with van der Waals surface area (Å²) in [6.45, 7) is 10.4. The van der Waals surface area contributed by atoms with E-state index in [0.717, 1.165) is 16.6 Å². The zero-order chi connectivity index (χ0) is 18.2. The zero-order valence-corrected chi connectivity index (χ0v) is 15.4. The average molecular weight is 342 g/mol. The summed E-state index contributed by atoms with van der Waals surface area (Å²) in [5.41, 5.74) is 1.90. The molecule has 0 amide bonds. The Morgan fingerprint density at radius 3 is 2.32 bits per heavy atom. The molecule has 0 aromatic heterocycles. The first-order valence-electron chi connectivity index (χ1n) is 8.51. The van der Waals surface area contributed by atoms with Crippen LogP contribution in [0.25, 0.3) is 0 Å². The molecule has 2 aromatic carbocycles. The van der Waals surface area contributed by atoms with E-state index in [0.29, 0.717) is 5.75 Å². The van der Waals surface area contributed by atoms with Crippen molar-refractivity contribution in [3.05, 3.63) is 59.4 Å². The van der Waals surface area contributed by atoms with Crippen molar-refractivity contribution >= 4 is 12.6 Å². The molecular weight excluding hydrogens is 318 g/mol. The van der Waals surface area contributed by atoms with Crippen LogP contribution in [0.2, 0.25) is 0 Å². The summed E-state index contributed by atoms with van der Waals surface area (Å²) in [7, 11) is -0.493. The fraction of sp³-hybridized carbons (Fsp3) is 0.400. The van der Waals surface area contributed by atoms with Crippen molar-refractivity contribution in [3.8, 4) is 5.75 Å². The quantitative estimate of drug-likeness (QED) is 0.786. The third-order valence-corrected chi connectivity index (χ3v) is 4.96. The molecule has 1 aliphatic rings. The minimum atomic E-state index is -0.493. The van der Waals surface area contributed by atoms with Gasteiger partial charge in [-0.1, -0.05) is 29.8 Å². The molecule has 1 aliphatic heterocycles. The van der Waals surface area contributed by atoms with Crippen LogP contribution in [0.3, 0.4) is 0 Å². The van der Waals surface area contributed by atoms with Gasteiger partial charge in [0.2, 0.25) is 0 Å². The maximum atomic E-state index is 13.3. The van der Waals surface area contributed by atoms with Crippen LogP contribution in [0.1, 0.15) is 38.8 Å². The van der Waals surface area contributed by atoms with E-state index in [1.807, 2.05) is 58.9 Å². The molecule has 0 spiro atoms. The second kappa shape index (κ2) is 6.47. The van der Waals surface area contributed by atoms with Gasteiger partial charge < -0.3 is 14.0 Å². The maximum Gasteiger partial charge on any atom is 0.498 e. The monoisotopic (exact) mass is 342 g/mol. The summed E-state index contributed by atoms with van der Waals surface area (Å²) in [5.74, 6) is 0.421. The van der Waals surface area contributed by atoms with Gasteiger partial charge in [-0.3, -0.25) is 0 Å². The van der Waals surface area contributed by atoms with Crippen LogP contribution in [0.5, 0.6) is 5.75 Å². The zero-order valence-electron chi connectivity index (χ0n) is 15.4. The topological polar surface area (TPSA) is 27.7 Å². The van der Waals surface area contributed by atoms with Gasteiger partial charge in [-0.2, -0.15) is 0 Å². The van der Waals surface area contributed by atoms with Crippen molar-refractivity contribution in [2.75, 3.05) is 0 Å². The van der Waals surface area contributed by atoms with E-state index in [1.54, 1.807) is 6.07 Å². The Balaban J connectivity index is 1.84. The SMILES string of the molecule is Cc1ccc(OCc2cccc(F)c2)c(B2OC(C)(C)C(C)(C)O2)c1. The van der Waals surface area contributed by atoms with Crippen LogP contribution < -0.4 is 10.2 Å². The van der Waals surface area contributed by atoms with Gasteiger partial charge in [0.15, 0.2) is 0 Å². The van der Waals surface area contributed by atoms with Crippen LogP contribution >= 0.6 is 0 Å². The largest absolute Gasteiger partial charge is 0.498 e. The van der Waals surface area contributed by atoms with E-state index >= 15 is 0 Å². The van der Waals surface area contributed by atoms with E-state index in [9.17, 15) is 4.39 Å². The molecule has 0 unspecified atom stereocenters. The molecule has 0 bridgehead atoms. The molecule has 25 heavy (non-hydrogen) atoms. The van der Waals surface area contributed by atoms with Gasteiger partial charge in [0.25, 0.3) is 0 Å². The van der Waals surface area contributed by atoms with Gasteiger partial charge in [-0.25, -0.2) is 4.39 Å². The highest BCUT2D eigenvalue weighted by Gasteiger charge is 2.52. The Kier molecular flexibility index (Phi) is 4.65. The number of halogens is 1. The molecule has 2 aromatic rings. The normalized spacial score (nSPS) is 18.4. The van der Waals surface area contributed by atoms with E-state index in [2.05, 4.69) is 0 Å². The minimum Gasteiger partial charge on any atom is -0.489 e. The molecule has 132 valence electrons. The molecule has 3 nitrogen and oxygen atoms in total. The smallest absolute Gasteiger partial charge is 0.489 e. The summed E-state index contributed by atoms with van der Waals surface area (Å²) in [4.78, 5) is 0. The Bertz CT molecular complexity index is 757. The molecule has 0 atom stereocenters. The maximum absolute atomic E-state index is 13.3. The number of hydrogen-bond donors (Lipinski definition) is 0. The summed E-state index contributed by atoms with van der Waals surface area (Å²) in [6.07, 6.45) is 0. The van der Waals surface area contributed by atoms with Crippen molar-refractivity contribution in [3.63, 3.8) is 0 Å².